The summed E-state index contributed by atoms with van der Waals surface area (Å²) in [5.41, 5.74) is 3.53. The molecule has 1 aliphatic heterocycles. The van der Waals surface area contributed by atoms with Gasteiger partial charge in [-0.1, -0.05) is 69.7 Å². The summed E-state index contributed by atoms with van der Waals surface area (Å²) in [6.45, 7) is 10.5. The lowest BCUT2D eigenvalue weighted by molar-refractivity contribution is -0.139. The highest BCUT2D eigenvalue weighted by Crippen LogP contribution is 2.38. The molecule has 3 aromatic rings. The molecule has 0 spiro atoms. The molecule has 7 nitrogen and oxygen atoms in total. The molecular weight excluding hydrogens is 512 g/mol. The number of thiazole rings is 1. The Morgan fingerprint density at radius 1 is 1.08 bits per heavy atom. The van der Waals surface area contributed by atoms with Gasteiger partial charge in [0.2, 0.25) is 0 Å². The molecule has 1 aliphatic rings. The number of fused-ring (bicyclic) bond motifs is 1. The van der Waals surface area contributed by atoms with E-state index in [0.29, 0.717) is 44.1 Å². The van der Waals surface area contributed by atoms with Crippen molar-refractivity contribution in [3.63, 3.8) is 0 Å². The Balaban J connectivity index is 2.00. The quantitative estimate of drug-likeness (QED) is 0.375. The van der Waals surface area contributed by atoms with E-state index in [1.807, 2.05) is 25.1 Å². The average molecular weight is 549 g/mol. The van der Waals surface area contributed by atoms with Gasteiger partial charge in [0, 0.05) is 5.56 Å². The first-order valence-electron chi connectivity index (χ1n) is 13.2. The monoisotopic (exact) mass is 548 g/mol. The summed E-state index contributed by atoms with van der Waals surface area (Å²) in [6, 6.07) is 12.8. The maximum absolute atomic E-state index is 14.0. The van der Waals surface area contributed by atoms with Crippen LogP contribution in [0, 0.1) is 0 Å². The van der Waals surface area contributed by atoms with Crippen LogP contribution in [0.4, 0.5) is 0 Å². The van der Waals surface area contributed by atoms with Gasteiger partial charge in [-0.3, -0.25) is 9.36 Å². The van der Waals surface area contributed by atoms with Crippen LogP contribution in [0.5, 0.6) is 11.5 Å². The number of nitrogens with zero attached hydrogens (tertiary/aromatic N) is 2. The minimum absolute atomic E-state index is 0.0346. The number of rotatable bonds is 8. The third-order valence-electron chi connectivity index (χ3n) is 6.70. The summed E-state index contributed by atoms with van der Waals surface area (Å²) in [5, 5.41) is 0. The van der Waals surface area contributed by atoms with E-state index in [4.69, 9.17) is 19.2 Å². The van der Waals surface area contributed by atoms with E-state index in [2.05, 4.69) is 32.9 Å². The Morgan fingerprint density at radius 2 is 1.79 bits per heavy atom. The lowest BCUT2D eigenvalue weighted by Gasteiger charge is -2.27. The number of ether oxygens (including phenoxy) is 3. The van der Waals surface area contributed by atoms with E-state index in [1.54, 1.807) is 43.9 Å². The molecule has 0 N–H and O–H groups in total. The van der Waals surface area contributed by atoms with Crippen LogP contribution in [0.15, 0.2) is 63.5 Å². The molecule has 0 saturated heterocycles. The van der Waals surface area contributed by atoms with Gasteiger partial charge >= 0.3 is 5.97 Å². The molecule has 4 rings (SSSR count). The topological polar surface area (TPSA) is 79.1 Å². The van der Waals surface area contributed by atoms with Crippen LogP contribution in [-0.2, 0) is 14.9 Å². The van der Waals surface area contributed by atoms with Crippen molar-refractivity contribution in [2.24, 2.45) is 4.99 Å². The second-order valence-corrected chi connectivity index (χ2v) is 11.4. The zero-order valence-corrected chi connectivity index (χ0v) is 24.5. The molecule has 206 valence electrons. The molecule has 0 unspecified atom stereocenters. The molecule has 2 aromatic carbocycles. The predicted molar refractivity (Wildman–Crippen MR) is 154 cm³/mol. The zero-order chi connectivity index (χ0) is 28.3. The van der Waals surface area contributed by atoms with E-state index in [-0.39, 0.29) is 17.6 Å². The number of aromatic nitrogens is 1. The highest BCUT2D eigenvalue weighted by Gasteiger charge is 2.36. The molecule has 0 aliphatic carbocycles. The fraction of sp³-hybridized carbons (Fsp3) is 0.387. The molecule has 8 heteroatoms. The number of methoxy groups -OCH3 is 2. The smallest absolute Gasteiger partial charge is 0.338 e. The Labute approximate surface area is 233 Å². The predicted octanol–water partition coefficient (Wildman–Crippen LogP) is 4.89. The van der Waals surface area contributed by atoms with Crippen LogP contribution in [0.3, 0.4) is 0 Å². The number of esters is 1. The van der Waals surface area contributed by atoms with Crippen molar-refractivity contribution in [3.8, 4) is 11.5 Å². The number of benzene rings is 2. The number of hydrogen-bond acceptors (Lipinski definition) is 7. The van der Waals surface area contributed by atoms with Crippen LogP contribution in [0.2, 0.25) is 0 Å². The van der Waals surface area contributed by atoms with Gasteiger partial charge in [0.15, 0.2) is 4.80 Å². The molecular formula is C31H36N2O5S. The van der Waals surface area contributed by atoms with Crippen molar-refractivity contribution < 1.29 is 19.0 Å². The van der Waals surface area contributed by atoms with E-state index in [0.717, 1.165) is 12.0 Å². The van der Waals surface area contributed by atoms with E-state index in [1.165, 1.54) is 16.9 Å². The van der Waals surface area contributed by atoms with E-state index < -0.39 is 12.0 Å². The summed E-state index contributed by atoms with van der Waals surface area (Å²) in [5.74, 6) is 0.628. The number of carbonyl (C=O) groups excluding carboxylic acids is 1. The Hall–Kier alpha value is -3.65. The van der Waals surface area contributed by atoms with Gasteiger partial charge in [-0.25, -0.2) is 9.79 Å². The van der Waals surface area contributed by atoms with Crippen molar-refractivity contribution in [2.75, 3.05) is 20.8 Å². The highest BCUT2D eigenvalue weighted by molar-refractivity contribution is 7.07. The summed E-state index contributed by atoms with van der Waals surface area (Å²) in [6.07, 6.45) is 3.22. The molecule has 0 amide bonds. The molecule has 39 heavy (non-hydrogen) atoms. The Kier molecular flexibility index (Phi) is 8.45. The van der Waals surface area contributed by atoms with Crippen molar-refractivity contribution in [1.29, 1.82) is 0 Å². The maximum Gasteiger partial charge on any atom is 0.338 e. The van der Waals surface area contributed by atoms with Gasteiger partial charge in [0.05, 0.1) is 36.6 Å². The minimum atomic E-state index is -0.780. The van der Waals surface area contributed by atoms with Crippen molar-refractivity contribution in [2.45, 2.75) is 58.9 Å². The van der Waals surface area contributed by atoms with Crippen LogP contribution in [0.25, 0.3) is 6.08 Å². The van der Waals surface area contributed by atoms with Gasteiger partial charge in [-0.2, -0.15) is 0 Å². The lowest BCUT2D eigenvalue weighted by Crippen LogP contribution is -2.40. The van der Waals surface area contributed by atoms with Gasteiger partial charge < -0.3 is 14.2 Å². The fourth-order valence-corrected chi connectivity index (χ4v) is 5.72. The first-order chi connectivity index (χ1) is 18.6. The molecule has 1 atom stereocenters. The van der Waals surface area contributed by atoms with Gasteiger partial charge in [0.1, 0.15) is 17.5 Å². The molecule has 1 aromatic heterocycles. The molecule has 2 heterocycles. The normalized spacial score (nSPS) is 15.6. The van der Waals surface area contributed by atoms with Crippen molar-refractivity contribution in [3.05, 3.63) is 90.1 Å². The van der Waals surface area contributed by atoms with Gasteiger partial charge in [0.25, 0.3) is 5.56 Å². The third-order valence-corrected chi connectivity index (χ3v) is 7.68. The third kappa shape index (κ3) is 5.71. The minimum Gasteiger partial charge on any atom is -0.497 e. The SMILES string of the molecule is CCCC1=C(C(=O)OCC)[C@H](c2cc(OC)ccc2OC)n2c(s/c(=C\c3ccc(C(C)(C)C)cc3)c2=O)=N1. The number of hydrogen-bond donors (Lipinski definition) is 0. The summed E-state index contributed by atoms with van der Waals surface area (Å²) in [7, 11) is 3.14. The summed E-state index contributed by atoms with van der Waals surface area (Å²) < 4.78 is 18.8. The summed E-state index contributed by atoms with van der Waals surface area (Å²) in [4.78, 5) is 32.8. The largest absolute Gasteiger partial charge is 0.497 e. The molecule has 0 radical (unpaired) electrons. The van der Waals surface area contributed by atoms with Crippen LogP contribution in [-0.4, -0.2) is 31.4 Å². The second-order valence-electron chi connectivity index (χ2n) is 10.4. The average Bonchev–Trinajstić information content (AvgIpc) is 3.21. The van der Waals surface area contributed by atoms with E-state index in [9.17, 15) is 9.59 Å². The first kappa shape index (κ1) is 28.4. The fourth-order valence-electron chi connectivity index (χ4n) is 4.70. The number of allylic oxidation sites excluding steroid dienone is 1. The van der Waals surface area contributed by atoms with Crippen molar-refractivity contribution >= 4 is 23.4 Å². The summed E-state index contributed by atoms with van der Waals surface area (Å²) >= 11 is 1.31. The zero-order valence-electron chi connectivity index (χ0n) is 23.7. The Morgan fingerprint density at radius 3 is 2.38 bits per heavy atom. The maximum atomic E-state index is 14.0. The highest BCUT2D eigenvalue weighted by atomic mass is 32.1. The van der Waals surface area contributed by atoms with Crippen LogP contribution < -0.4 is 24.4 Å². The molecule has 0 fully saturated rings. The standard InChI is InChI=1S/C31H36N2O5S/c1-8-10-23-26(29(35)38-9-2)27(22-18-21(36-6)15-16-24(22)37-7)33-28(34)25(39-30(33)32-23)17-19-11-13-20(14-12-19)31(3,4)5/h11-18,27H,8-10H2,1-7H3/b25-17-/t27-/m0/s1. The van der Waals surface area contributed by atoms with Crippen LogP contribution >= 0.6 is 11.3 Å². The molecule has 0 bridgehead atoms. The first-order valence-corrected chi connectivity index (χ1v) is 14.0. The van der Waals surface area contributed by atoms with Gasteiger partial charge in [-0.15, -0.1) is 0 Å². The van der Waals surface area contributed by atoms with Crippen LogP contribution in [0.1, 0.15) is 70.2 Å². The lowest BCUT2D eigenvalue weighted by atomic mass is 9.87. The Bertz CT molecular complexity index is 1570. The second kappa shape index (κ2) is 11.6. The van der Waals surface area contributed by atoms with E-state index >= 15 is 0 Å². The van der Waals surface area contributed by atoms with Crippen molar-refractivity contribution in [1.82, 2.24) is 4.57 Å². The van der Waals surface area contributed by atoms with Gasteiger partial charge in [-0.05, 0) is 54.2 Å². The number of carbonyl (C=O) groups is 1. The molecule has 0 saturated carbocycles.